The van der Waals surface area contributed by atoms with Crippen LogP contribution in [0, 0.1) is 11.3 Å². The first-order chi connectivity index (χ1) is 14.1. The number of hydrogen-bond donors (Lipinski definition) is 1. The van der Waals surface area contributed by atoms with Gasteiger partial charge in [0, 0.05) is 30.8 Å². The van der Waals surface area contributed by atoms with Crippen molar-refractivity contribution >= 4 is 34.6 Å². The summed E-state index contributed by atoms with van der Waals surface area (Å²) >= 11 is 6.06. The van der Waals surface area contributed by atoms with Crippen LogP contribution < -0.4 is 10.2 Å². The molecule has 29 heavy (non-hydrogen) atoms. The lowest BCUT2D eigenvalue weighted by Crippen LogP contribution is -2.47. The molecule has 1 N–H and O–H groups in total. The van der Waals surface area contributed by atoms with Gasteiger partial charge in [0.2, 0.25) is 5.91 Å². The molecule has 1 aliphatic carbocycles. The minimum absolute atomic E-state index is 0.0558. The summed E-state index contributed by atoms with van der Waals surface area (Å²) in [7, 11) is 0. The van der Waals surface area contributed by atoms with Crippen LogP contribution in [0.25, 0.3) is 11.1 Å². The molecule has 0 bridgehead atoms. The molecule has 2 aromatic rings. The molecule has 3 fully saturated rings. The van der Waals surface area contributed by atoms with Crippen LogP contribution in [-0.4, -0.2) is 43.2 Å². The standard InChI is InChI=1S/C22H28ClN3O3/c23-16-1-2-19-18(13-16)25-21(29-19)26-10-8-22(9-11-26)6-3-17(4-7-22)24-20(27)15-5-12-28-14-15/h1-2,13,15,17H,3-12,14H2,(H,24,27). The van der Waals surface area contributed by atoms with Crippen LogP contribution in [0.15, 0.2) is 22.6 Å². The Morgan fingerprint density at radius 1 is 1.17 bits per heavy atom. The average molecular weight is 418 g/mol. The molecule has 1 atom stereocenters. The number of ether oxygens (including phenoxy) is 1. The van der Waals surface area contributed by atoms with Gasteiger partial charge >= 0.3 is 0 Å². The van der Waals surface area contributed by atoms with Gasteiger partial charge in [-0.3, -0.25) is 4.79 Å². The van der Waals surface area contributed by atoms with Gasteiger partial charge in [-0.1, -0.05) is 11.6 Å². The van der Waals surface area contributed by atoms with Gasteiger partial charge in [-0.05, 0) is 68.6 Å². The Kier molecular flexibility index (Phi) is 5.16. The first kappa shape index (κ1) is 19.2. The highest BCUT2D eigenvalue weighted by atomic mass is 35.5. The minimum atomic E-state index is 0.0558. The second-order valence-electron chi connectivity index (χ2n) is 8.94. The van der Waals surface area contributed by atoms with Crippen LogP contribution in [0.5, 0.6) is 0 Å². The van der Waals surface area contributed by atoms with Crippen LogP contribution in [0.1, 0.15) is 44.9 Å². The summed E-state index contributed by atoms with van der Waals surface area (Å²) in [6, 6.07) is 6.60. The molecule has 1 aromatic carbocycles. The van der Waals surface area contributed by atoms with Gasteiger partial charge in [0.05, 0.1) is 12.5 Å². The van der Waals surface area contributed by atoms with Gasteiger partial charge in [-0.25, -0.2) is 0 Å². The highest BCUT2D eigenvalue weighted by Crippen LogP contribution is 2.45. The quantitative estimate of drug-likeness (QED) is 0.812. The molecule has 2 aliphatic heterocycles. The summed E-state index contributed by atoms with van der Waals surface area (Å²) in [4.78, 5) is 19.2. The fourth-order valence-electron chi connectivity index (χ4n) is 5.13. The van der Waals surface area contributed by atoms with Crippen molar-refractivity contribution in [1.29, 1.82) is 0 Å². The van der Waals surface area contributed by atoms with Gasteiger partial charge < -0.3 is 19.4 Å². The van der Waals surface area contributed by atoms with E-state index in [0.29, 0.717) is 29.1 Å². The van der Waals surface area contributed by atoms with E-state index in [1.807, 2.05) is 18.2 Å². The van der Waals surface area contributed by atoms with Crippen molar-refractivity contribution in [2.24, 2.45) is 11.3 Å². The number of hydrogen-bond acceptors (Lipinski definition) is 5. The Bertz CT molecular complexity index is 875. The molecule has 7 heteroatoms. The summed E-state index contributed by atoms with van der Waals surface area (Å²) in [5, 5.41) is 3.95. The van der Waals surface area contributed by atoms with E-state index in [9.17, 15) is 4.79 Å². The number of carbonyl (C=O) groups is 1. The molecule has 1 saturated carbocycles. The van der Waals surface area contributed by atoms with E-state index in [1.54, 1.807) is 0 Å². The predicted octanol–water partition coefficient (Wildman–Crippen LogP) is 4.16. The lowest BCUT2D eigenvalue weighted by Gasteiger charge is -2.45. The number of oxazole rings is 1. The Morgan fingerprint density at radius 3 is 2.69 bits per heavy atom. The smallest absolute Gasteiger partial charge is 0.298 e. The molecule has 1 amide bonds. The molecule has 5 rings (SSSR count). The monoisotopic (exact) mass is 417 g/mol. The first-order valence-electron chi connectivity index (χ1n) is 10.8. The van der Waals surface area contributed by atoms with Crippen molar-refractivity contribution < 1.29 is 13.9 Å². The Hall–Kier alpha value is -1.79. The lowest BCUT2D eigenvalue weighted by atomic mass is 9.67. The van der Waals surface area contributed by atoms with Crippen LogP contribution in [0.2, 0.25) is 5.02 Å². The Balaban J connectivity index is 1.15. The third-order valence-corrected chi connectivity index (χ3v) is 7.36. The normalized spacial score (nSPS) is 25.0. The molecular weight excluding hydrogens is 390 g/mol. The summed E-state index contributed by atoms with van der Waals surface area (Å²) in [6.45, 7) is 3.24. The number of halogens is 1. The fraction of sp³-hybridized carbons (Fsp3) is 0.636. The molecule has 1 unspecified atom stereocenters. The van der Waals surface area contributed by atoms with Crippen LogP contribution in [0.3, 0.4) is 0 Å². The number of fused-ring (bicyclic) bond motifs is 1. The summed E-state index contributed by atoms with van der Waals surface area (Å²) in [5.74, 6) is 0.245. The molecule has 1 spiro atoms. The van der Waals surface area contributed by atoms with Gasteiger partial charge in [-0.15, -0.1) is 0 Å². The van der Waals surface area contributed by atoms with E-state index in [0.717, 1.165) is 62.9 Å². The van der Waals surface area contributed by atoms with E-state index in [1.165, 1.54) is 12.8 Å². The SMILES string of the molecule is O=C(NC1CCC2(CC1)CCN(c1nc3cc(Cl)ccc3o1)CC2)C1CCOC1. The minimum Gasteiger partial charge on any atom is -0.423 e. The topological polar surface area (TPSA) is 67.6 Å². The molecule has 0 radical (unpaired) electrons. The third-order valence-electron chi connectivity index (χ3n) is 7.13. The molecule has 6 nitrogen and oxygen atoms in total. The zero-order valence-corrected chi connectivity index (χ0v) is 17.4. The predicted molar refractivity (Wildman–Crippen MR) is 112 cm³/mol. The fourth-order valence-corrected chi connectivity index (χ4v) is 5.30. The molecular formula is C22H28ClN3O3. The zero-order valence-electron chi connectivity index (χ0n) is 16.7. The van der Waals surface area contributed by atoms with Gasteiger partial charge in [-0.2, -0.15) is 4.98 Å². The second-order valence-corrected chi connectivity index (χ2v) is 9.38. The number of nitrogens with zero attached hydrogens (tertiary/aromatic N) is 2. The highest BCUT2D eigenvalue weighted by molar-refractivity contribution is 6.31. The van der Waals surface area contributed by atoms with Crippen molar-refractivity contribution in [3.05, 3.63) is 23.2 Å². The van der Waals surface area contributed by atoms with E-state index >= 15 is 0 Å². The third kappa shape index (κ3) is 3.97. The largest absolute Gasteiger partial charge is 0.423 e. The number of carbonyl (C=O) groups excluding carboxylic acids is 1. The number of piperidine rings is 1. The number of nitrogens with one attached hydrogen (secondary N) is 1. The maximum absolute atomic E-state index is 12.4. The van der Waals surface area contributed by atoms with E-state index in [2.05, 4.69) is 15.2 Å². The molecule has 3 aliphatic rings. The number of rotatable bonds is 3. The Labute approximate surface area is 175 Å². The lowest BCUT2D eigenvalue weighted by molar-refractivity contribution is -0.126. The summed E-state index contributed by atoms with van der Waals surface area (Å²) in [6.07, 6.45) is 7.72. The molecule has 3 heterocycles. The van der Waals surface area contributed by atoms with Gasteiger partial charge in [0.1, 0.15) is 5.52 Å². The highest BCUT2D eigenvalue weighted by Gasteiger charge is 2.39. The maximum Gasteiger partial charge on any atom is 0.298 e. The number of anilines is 1. The van der Waals surface area contributed by atoms with Crippen molar-refractivity contribution in [2.75, 3.05) is 31.2 Å². The molecule has 156 valence electrons. The van der Waals surface area contributed by atoms with E-state index in [4.69, 9.17) is 20.8 Å². The molecule has 1 aromatic heterocycles. The van der Waals surface area contributed by atoms with Gasteiger partial charge in [0.25, 0.3) is 6.01 Å². The average Bonchev–Trinajstić information content (AvgIpc) is 3.40. The van der Waals surface area contributed by atoms with E-state index in [-0.39, 0.29) is 11.8 Å². The zero-order chi connectivity index (χ0) is 19.8. The second kappa shape index (κ2) is 7.80. The van der Waals surface area contributed by atoms with Crippen LogP contribution >= 0.6 is 11.6 Å². The van der Waals surface area contributed by atoms with Crippen LogP contribution in [-0.2, 0) is 9.53 Å². The first-order valence-corrected chi connectivity index (χ1v) is 11.2. The van der Waals surface area contributed by atoms with Crippen molar-refractivity contribution in [3.63, 3.8) is 0 Å². The Morgan fingerprint density at radius 2 is 1.97 bits per heavy atom. The summed E-state index contributed by atoms with van der Waals surface area (Å²) < 4.78 is 11.3. The van der Waals surface area contributed by atoms with E-state index < -0.39 is 0 Å². The van der Waals surface area contributed by atoms with Crippen molar-refractivity contribution in [1.82, 2.24) is 10.3 Å². The number of benzene rings is 1. The molecule has 2 saturated heterocycles. The van der Waals surface area contributed by atoms with Gasteiger partial charge in [0.15, 0.2) is 5.58 Å². The van der Waals surface area contributed by atoms with Crippen molar-refractivity contribution in [3.8, 4) is 0 Å². The van der Waals surface area contributed by atoms with Crippen LogP contribution in [0.4, 0.5) is 6.01 Å². The van der Waals surface area contributed by atoms with Crippen molar-refractivity contribution in [2.45, 2.75) is 51.0 Å². The number of aromatic nitrogens is 1. The summed E-state index contributed by atoms with van der Waals surface area (Å²) in [5.41, 5.74) is 2.01. The number of amides is 1. The maximum atomic E-state index is 12.4.